The van der Waals surface area contributed by atoms with Crippen molar-refractivity contribution in [3.63, 3.8) is 0 Å². The summed E-state index contributed by atoms with van der Waals surface area (Å²) in [4.78, 5) is 19.5. The Morgan fingerprint density at radius 3 is 2.88 bits per heavy atom. The highest BCUT2D eigenvalue weighted by atomic mass is 16.1. The smallest absolute Gasteiger partial charge is 0.253 e. The van der Waals surface area contributed by atoms with E-state index >= 15 is 0 Å². The molecule has 2 rings (SSSR count). The zero-order valence-corrected chi connectivity index (χ0v) is 8.92. The number of rotatable bonds is 3. The molecule has 2 aromatic rings. The lowest BCUT2D eigenvalue weighted by Gasteiger charge is -2.05. The van der Waals surface area contributed by atoms with Gasteiger partial charge in [0.1, 0.15) is 5.82 Å². The van der Waals surface area contributed by atoms with Gasteiger partial charge in [-0.15, -0.1) is 0 Å². The molecule has 0 amide bonds. The Labute approximate surface area is 92.8 Å². The Morgan fingerprint density at radius 2 is 2.25 bits per heavy atom. The fraction of sp³-hybridized carbons (Fsp3) is 0.182. The summed E-state index contributed by atoms with van der Waals surface area (Å²) in [6.45, 7) is 0.490. The Morgan fingerprint density at radius 1 is 1.38 bits per heavy atom. The van der Waals surface area contributed by atoms with Crippen LogP contribution >= 0.6 is 0 Å². The maximum Gasteiger partial charge on any atom is 0.253 e. The second kappa shape index (κ2) is 4.57. The molecule has 0 bridgehead atoms. The molecule has 0 radical (unpaired) electrons. The number of aromatic nitrogens is 3. The van der Waals surface area contributed by atoms with E-state index in [2.05, 4.69) is 15.3 Å². The molecule has 0 aliphatic rings. The number of nitrogens with zero attached hydrogens (tertiary/aromatic N) is 3. The van der Waals surface area contributed by atoms with Gasteiger partial charge >= 0.3 is 0 Å². The van der Waals surface area contributed by atoms with Gasteiger partial charge in [0.25, 0.3) is 5.56 Å². The van der Waals surface area contributed by atoms with Crippen molar-refractivity contribution in [2.75, 3.05) is 12.4 Å². The van der Waals surface area contributed by atoms with Gasteiger partial charge in [0.05, 0.1) is 12.9 Å². The summed E-state index contributed by atoms with van der Waals surface area (Å²) in [5, 5.41) is 2.94. The van der Waals surface area contributed by atoms with Gasteiger partial charge in [0.2, 0.25) is 0 Å². The number of anilines is 1. The fourth-order valence-electron chi connectivity index (χ4n) is 1.36. The van der Waals surface area contributed by atoms with Crippen LogP contribution in [-0.2, 0) is 6.54 Å². The van der Waals surface area contributed by atoms with Crippen molar-refractivity contribution >= 4 is 5.82 Å². The van der Waals surface area contributed by atoms with Gasteiger partial charge in [-0.1, -0.05) is 6.07 Å². The van der Waals surface area contributed by atoms with Gasteiger partial charge in [0.15, 0.2) is 0 Å². The van der Waals surface area contributed by atoms with Gasteiger partial charge in [-0.2, -0.15) is 0 Å². The lowest BCUT2D eigenvalue weighted by Crippen LogP contribution is -2.19. The summed E-state index contributed by atoms with van der Waals surface area (Å²) in [6, 6.07) is 5.24. The Hall–Kier alpha value is -2.17. The molecule has 0 aliphatic heterocycles. The third kappa shape index (κ3) is 2.25. The molecule has 1 N–H and O–H groups in total. The second-order valence-electron chi connectivity index (χ2n) is 3.35. The number of nitrogens with one attached hydrogen (secondary N) is 1. The van der Waals surface area contributed by atoms with E-state index in [1.165, 1.54) is 23.2 Å². The highest BCUT2D eigenvalue weighted by Crippen LogP contribution is 2.04. The Balaban J connectivity index is 2.21. The molecule has 0 atom stereocenters. The van der Waals surface area contributed by atoms with Gasteiger partial charge in [0, 0.05) is 25.5 Å². The van der Waals surface area contributed by atoms with E-state index in [4.69, 9.17) is 0 Å². The van der Waals surface area contributed by atoms with Gasteiger partial charge < -0.3 is 5.32 Å². The topological polar surface area (TPSA) is 59.8 Å². The summed E-state index contributed by atoms with van der Waals surface area (Å²) in [5.74, 6) is 0.808. The molecular weight excluding hydrogens is 204 g/mol. The lowest BCUT2D eigenvalue weighted by molar-refractivity contribution is 0.733. The minimum Gasteiger partial charge on any atom is -0.373 e. The van der Waals surface area contributed by atoms with E-state index in [9.17, 15) is 4.79 Å². The summed E-state index contributed by atoms with van der Waals surface area (Å²) >= 11 is 0. The number of pyridine rings is 1. The molecule has 0 unspecified atom stereocenters. The van der Waals surface area contributed by atoms with Crippen molar-refractivity contribution in [3.05, 3.63) is 52.8 Å². The van der Waals surface area contributed by atoms with E-state index in [1.54, 1.807) is 6.20 Å². The van der Waals surface area contributed by atoms with Crippen LogP contribution in [0.5, 0.6) is 0 Å². The maximum absolute atomic E-state index is 11.4. The highest BCUT2D eigenvalue weighted by Gasteiger charge is 1.98. The highest BCUT2D eigenvalue weighted by molar-refractivity contribution is 5.34. The molecule has 0 aliphatic carbocycles. The SMILES string of the molecule is CNc1ccc(Cn2cnccc2=O)cn1. The van der Waals surface area contributed by atoms with Crippen molar-refractivity contribution in [1.29, 1.82) is 0 Å². The summed E-state index contributed by atoms with van der Waals surface area (Å²) < 4.78 is 1.54. The molecule has 0 saturated carbocycles. The van der Waals surface area contributed by atoms with E-state index in [0.717, 1.165) is 11.4 Å². The average molecular weight is 216 g/mol. The van der Waals surface area contributed by atoms with E-state index in [1.807, 2.05) is 19.2 Å². The molecule has 0 saturated heterocycles. The molecule has 82 valence electrons. The van der Waals surface area contributed by atoms with Gasteiger partial charge in [-0.05, 0) is 11.6 Å². The normalized spacial score (nSPS) is 10.1. The zero-order chi connectivity index (χ0) is 11.4. The first kappa shape index (κ1) is 10.4. The third-order valence-corrected chi connectivity index (χ3v) is 2.23. The van der Waals surface area contributed by atoms with E-state index < -0.39 is 0 Å². The largest absolute Gasteiger partial charge is 0.373 e. The number of hydrogen-bond donors (Lipinski definition) is 1. The van der Waals surface area contributed by atoms with Crippen molar-refractivity contribution in [2.24, 2.45) is 0 Å². The van der Waals surface area contributed by atoms with Crippen LogP contribution in [0.3, 0.4) is 0 Å². The van der Waals surface area contributed by atoms with Crippen LogP contribution in [0.25, 0.3) is 0 Å². The first-order chi connectivity index (χ1) is 7.79. The van der Waals surface area contributed by atoms with Crippen molar-refractivity contribution < 1.29 is 0 Å². The molecule has 0 spiro atoms. The van der Waals surface area contributed by atoms with Crippen LogP contribution in [0, 0.1) is 0 Å². The van der Waals surface area contributed by atoms with Gasteiger partial charge in [-0.3, -0.25) is 9.36 Å². The standard InChI is InChI=1S/C11H12N4O/c1-12-10-3-2-9(6-14-10)7-15-8-13-5-4-11(15)16/h2-6,8H,7H2,1H3,(H,12,14). The molecule has 0 fully saturated rings. The molecule has 2 aromatic heterocycles. The molecule has 5 nitrogen and oxygen atoms in total. The predicted molar refractivity (Wildman–Crippen MR) is 61.4 cm³/mol. The zero-order valence-electron chi connectivity index (χ0n) is 8.92. The molecule has 5 heteroatoms. The Kier molecular flexibility index (Phi) is 2.95. The van der Waals surface area contributed by atoms with Crippen LogP contribution in [0.15, 0.2) is 41.7 Å². The van der Waals surface area contributed by atoms with Gasteiger partial charge in [-0.25, -0.2) is 9.97 Å². The summed E-state index contributed by atoms with van der Waals surface area (Å²) in [7, 11) is 1.81. The quantitative estimate of drug-likeness (QED) is 0.821. The van der Waals surface area contributed by atoms with Crippen LogP contribution < -0.4 is 10.9 Å². The van der Waals surface area contributed by atoms with Crippen LogP contribution in [0.4, 0.5) is 5.82 Å². The molecule has 16 heavy (non-hydrogen) atoms. The van der Waals surface area contributed by atoms with E-state index in [0.29, 0.717) is 6.54 Å². The van der Waals surface area contributed by atoms with E-state index in [-0.39, 0.29) is 5.56 Å². The lowest BCUT2D eigenvalue weighted by atomic mass is 10.3. The summed E-state index contributed by atoms with van der Waals surface area (Å²) in [5.41, 5.74) is 0.904. The monoisotopic (exact) mass is 216 g/mol. The molecule has 2 heterocycles. The average Bonchev–Trinajstić information content (AvgIpc) is 2.33. The predicted octanol–water partition coefficient (Wildman–Crippen LogP) is 0.728. The Bertz CT molecular complexity index is 518. The fourth-order valence-corrected chi connectivity index (χ4v) is 1.36. The minimum absolute atomic E-state index is 0.0623. The molecular formula is C11H12N4O. The summed E-state index contributed by atoms with van der Waals surface area (Å²) in [6.07, 6.45) is 4.75. The van der Waals surface area contributed by atoms with Crippen molar-refractivity contribution in [3.8, 4) is 0 Å². The van der Waals surface area contributed by atoms with Crippen molar-refractivity contribution in [2.45, 2.75) is 6.54 Å². The maximum atomic E-state index is 11.4. The second-order valence-corrected chi connectivity index (χ2v) is 3.35. The van der Waals surface area contributed by atoms with Crippen LogP contribution in [0.1, 0.15) is 5.56 Å². The number of hydrogen-bond acceptors (Lipinski definition) is 4. The minimum atomic E-state index is -0.0623. The third-order valence-electron chi connectivity index (χ3n) is 2.23. The van der Waals surface area contributed by atoms with Crippen molar-refractivity contribution in [1.82, 2.24) is 14.5 Å². The molecule has 0 aromatic carbocycles. The first-order valence-electron chi connectivity index (χ1n) is 4.93. The first-order valence-corrected chi connectivity index (χ1v) is 4.93. The van der Waals surface area contributed by atoms with Crippen LogP contribution in [-0.4, -0.2) is 21.6 Å². The van der Waals surface area contributed by atoms with Crippen LogP contribution in [0.2, 0.25) is 0 Å².